The molecule has 0 spiro atoms. The molecule has 18 heavy (non-hydrogen) atoms. The molecule has 2 nitrogen and oxygen atoms in total. The molecule has 2 unspecified atom stereocenters. The monoisotopic (exact) mass is 259 g/mol. The summed E-state index contributed by atoms with van der Waals surface area (Å²) in [7, 11) is 0. The lowest BCUT2D eigenvalue weighted by molar-refractivity contribution is 0.0246. The molecule has 2 N–H and O–H groups in total. The first-order chi connectivity index (χ1) is 8.84. The molecule has 0 saturated carbocycles. The molecule has 2 heterocycles. The Kier molecular flexibility index (Phi) is 3.46. The van der Waals surface area contributed by atoms with E-state index in [1.165, 1.54) is 16.7 Å². The summed E-state index contributed by atoms with van der Waals surface area (Å²) in [6.45, 7) is 0.777. The van der Waals surface area contributed by atoms with Crippen LogP contribution >= 0.6 is 11.3 Å². The van der Waals surface area contributed by atoms with Crippen molar-refractivity contribution >= 4 is 11.3 Å². The van der Waals surface area contributed by atoms with Crippen molar-refractivity contribution in [2.75, 3.05) is 6.61 Å². The molecule has 2 atom stereocenters. The molecule has 3 heteroatoms. The molecule has 0 bridgehead atoms. The largest absolute Gasteiger partial charge is 0.372 e. The second kappa shape index (κ2) is 5.22. The van der Waals surface area contributed by atoms with Gasteiger partial charge in [-0.1, -0.05) is 24.3 Å². The Bertz CT molecular complexity index is 509. The molecule has 1 aromatic carbocycles. The molecular weight excluding hydrogens is 242 g/mol. The standard InChI is InChI=1S/C15H17NOS/c16-14(9-11-6-8-18-10-11)15-13-4-2-1-3-12(13)5-7-17-15/h1-4,6,8,10,14-15H,5,7,9,16H2. The van der Waals surface area contributed by atoms with Crippen LogP contribution in [0.5, 0.6) is 0 Å². The molecule has 1 aliphatic heterocycles. The molecule has 2 aromatic rings. The normalized spacial score (nSPS) is 20.4. The molecular formula is C15H17NOS. The van der Waals surface area contributed by atoms with E-state index in [0.717, 1.165) is 19.4 Å². The predicted octanol–water partition coefficient (Wildman–Crippen LogP) is 2.93. The van der Waals surface area contributed by atoms with Crippen molar-refractivity contribution in [2.24, 2.45) is 5.73 Å². The van der Waals surface area contributed by atoms with E-state index in [4.69, 9.17) is 10.5 Å². The minimum absolute atomic E-state index is 0.0287. The van der Waals surface area contributed by atoms with Crippen LogP contribution in [-0.4, -0.2) is 12.6 Å². The fourth-order valence-electron chi connectivity index (χ4n) is 2.57. The highest BCUT2D eigenvalue weighted by Crippen LogP contribution is 2.30. The van der Waals surface area contributed by atoms with Crippen LogP contribution in [0.4, 0.5) is 0 Å². The van der Waals surface area contributed by atoms with Gasteiger partial charge in [-0.15, -0.1) is 0 Å². The molecule has 3 rings (SSSR count). The van der Waals surface area contributed by atoms with Gasteiger partial charge in [0.2, 0.25) is 0 Å². The third-order valence-electron chi connectivity index (χ3n) is 3.47. The number of thiophene rings is 1. The highest BCUT2D eigenvalue weighted by atomic mass is 32.1. The minimum atomic E-state index is 0.0287. The number of hydrogen-bond donors (Lipinski definition) is 1. The molecule has 0 aliphatic carbocycles. The van der Waals surface area contributed by atoms with E-state index in [0.29, 0.717) is 0 Å². The predicted molar refractivity (Wildman–Crippen MR) is 74.8 cm³/mol. The van der Waals surface area contributed by atoms with Crippen LogP contribution in [0.1, 0.15) is 22.8 Å². The van der Waals surface area contributed by atoms with Gasteiger partial charge < -0.3 is 10.5 Å². The minimum Gasteiger partial charge on any atom is -0.372 e. The van der Waals surface area contributed by atoms with E-state index in [2.05, 4.69) is 41.1 Å². The van der Waals surface area contributed by atoms with E-state index >= 15 is 0 Å². The van der Waals surface area contributed by atoms with E-state index < -0.39 is 0 Å². The number of fused-ring (bicyclic) bond motifs is 1. The van der Waals surface area contributed by atoms with Gasteiger partial charge >= 0.3 is 0 Å². The Morgan fingerprint density at radius 3 is 3.06 bits per heavy atom. The van der Waals surface area contributed by atoms with E-state index in [1.807, 2.05) is 0 Å². The Morgan fingerprint density at radius 1 is 1.33 bits per heavy atom. The number of ether oxygens (including phenoxy) is 1. The van der Waals surface area contributed by atoms with Crippen molar-refractivity contribution in [1.82, 2.24) is 0 Å². The van der Waals surface area contributed by atoms with Crippen molar-refractivity contribution < 1.29 is 4.74 Å². The van der Waals surface area contributed by atoms with Crippen LogP contribution in [0.3, 0.4) is 0 Å². The Morgan fingerprint density at radius 2 is 2.22 bits per heavy atom. The second-order valence-corrected chi connectivity index (χ2v) is 5.52. The lowest BCUT2D eigenvalue weighted by atomic mass is 9.91. The fraction of sp³-hybridized carbons (Fsp3) is 0.333. The van der Waals surface area contributed by atoms with Crippen molar-refractivity contribution in [2.45, 2.75) is 25.0 Å². The van der Waals surface area contributed by atoms with Crippen LogP contribution in [-0.2, 0) is 17.6 Å². The van der Waals surface area contributed by atoms with Gasteiger partial charge in [-0.2, -0.15) is 11.3 Å². The van der Waals surface area contributed by atoms with Gasteiger partial charge in [-0.05, 0) is 46.4 Å². The van der Waals surface area contributed by atoms with Gasteiger partial charge in [-0.25, -0.2) is 0 Å². The summed E-state index contributed by atoms with van der Waals surface area (Å²) in [6, 6.07) is 10.7. The lowest BCUT2D eigenvalue weighted by Gasteiger charge is -2.30. The quantitative estimate of drug-likeness (QED) is 0.920. The number of nitrogens with two attached hydrogens (primary N) is 1. The fourth-order valence-corrected chi connectivity index (χ4v) is 3.25. The Hall–Kier alpha value is -1.16. The zero-order valence-electron chi connectivity index (χ0n) is 10.2. The molecule has 1 aliphatic rings. The maximum Gasteiger partial charge on any atom is 0.0981 e. The molecule has 0 fully saturated rings. The van der Waals surface area contributed by atoms with Gasteiger partial charge in [-0.3, -0.25) is 0 Å². The van der Waals surface area contributed by atoms with Gasteiger partial charge in [0.1, 0.15) is 0 Å². The van der Waals surface area contributed by atoms with Crippen LogP contribution in [0.2, 0.25) is 0 Å². The van der Waals surface area contributed by atoms with E-state index in [1.54, 1.807) is 11.3 Å². The number of hydrogen-bond acceptors (Lipinski definition) is 3. The van der Waals surface area contributed by atoms with Gasteiger partial charge in [0.05, 0.1) is 12.7 Å². The molecule has 1 aromatic heterocycles. The summed E-state index contributed by atoms with van der Waals surface area (Å²) < 4.78 is 5.89. The Balaban J connectivity index is 1.80. The molecule has 94 valence electrons. The maximum absolute atomic E-state index is 6.33. The smallest absolute Gasteiger partial charge is 0.0981 e. The van der Waals surface area contributed by atoms with Crippen molar-refractivity contribution in [3.63, 3.8) is 0 Å². The van der Waals surface area contributed by atoms with Gasteiger partial charge in [0.25, 0.3) is 0 Å². The average Bonchev–Trinajstić information content (AvgIpc) is 2.91. The summed E-state index contributed by atoms with van der Waals surface area (Å²) in [5.74, 6) is 0. The van der Waals surface area contributed by atoms with Crippen molar-refractivity contribution in [3.8, 4) is 0 Å². The zero-order valence-corrected chi connectivity index (χ0v) is 11.0. The van der Waals surface area contributed by atoms with Gasteiger partial charge in [0.15, 0.2) is 0 Å². The Labute approximate surface area is 111 Å². The first-order valence-electron chi connectivity index (χ1n) is 6.30. The van der Waals surface area contributed by atoms with Crippen LogP contribution in [0.15, 0.2) is 41.1 Å². The maximum atomic E-state index is 6.33. The summed E-state index contributed by atoms with van der Waals surface area (Å²) in [5.41, 5.74) is 10.3. The van der Waals surface area contributed by atoms with Crippen molar-refractivity contribution in [3.05, 3.63) is 57.8 Å². The highest BCUT2D eigenvalue weighted by Gasteiger charge is 2.26. The SMILES string of the molecule is NC(Cc1ccsc1)C1OCCc2ccccc21. The topological polar surface area (TPSA) is 35.2 Å². The van der Waals surface area contributed by atoms with Crippen LogP contribution in [0.25, 0.3) is 0 Å². The summed E-state index contributed by atoms with van der Waals surface area (Å²) in [4.78, 5) is 0. The molecule has 0 saturated heterocycles. The molecule has 0 amide bonds. The van der Waals surface area contributed by atoms with E-state index in [9.17, 15) is 0 Å². The third-order valence-corrected chi connectivity index (χ3v) is 4.20. The summed E-state index contributed by atoms with van der Waals surface area (Å²) in [6.07, 6.45) is 1.91. The first-order valence-corrected chi connectivity index (χ1v) is 7.25. The van der Waals surface area contributed by atoms with E-state index in [-0.39, 0.29) is 12.1 Å². The lowest BCUT2D eigenvalue weighted by Crippen LogP contribution is -2.35. The third kappa shape index (κ3) is 2.34. The number of benzene rings is 1. The van der Waals surface area contributed by atoms with Crippen molar-refractivity contribution in [1.29, 1.82) is 0 Å². The summed E-state index contributed by atoms with van der Waals surface area (Å²) >= 11 is 1.72. The molecule has 0 radical (unpaired) electrons. The number of rotatable bonds is 3. The average molecular weight is 259 g/mol. The zero-order chi connectivity index (χ0) is 12.4. The van der Waals surface area contributed by atoms with Crippen LogP contribution < -0.4 is 5.73 Å². The van der Waals surface area contributed by atoms with Gasteiger partial charge in [0, 0.05) is 6.04 Å². The van der Waals surface area contributed by atoms with Crippen LogP contribution in [0, 0.1) is 0 Å². The summed E-state index contributed by atoms with van der Waals surface area (Å²) in [5, 5.41) is 4.26. The highest BCUT2D eigenvalue weighted by molar-refractivity contribution is 7.07. The second-order valence-electron chi connectivity index (χ2n) is 4.74. The first kappa shape index (κ1) is 11.9.